The Morgan fingerprint density at radius 3 is 2.70 bits per heavy atom. The lowest BCUT2D eigenvalue weighted by molar-refractivity contribution is 0.307. The van der Waals surface area contributed by atoms with Crippen molar-refractivity contribution < 1.29 is 4.74 Å². The third-order valence-electron chi connectivity index (χ3n) is 3.27. The predicted molar refractivity (Wildman–Crippen MR) is 78.2 cm³/mol. The predicted octanol–water partition coefficient (Wildman–Crippen LogP) is 3.58. The molecule has 3 rings (SSSR count). The monoisotopic (exact) mass is 287 g/mol. The van der Waals surface area contributed by atoms with Crippen LogP contribution in [0.15, 0.2) is 36.5 Å². The van der Waals surface area contributed by atoms with Gasteiger partial charge in [-0.15, -0.1) is 0 Å². The molecule has 0 saturated carbocycles. The Morgan fingerprint density at radius 2 is 1.95 bits per heavy atom. The summed E-state index contributed by atoms with van der Waals surface area (Å²) in [4.78, 5) is 4.54. The van der Waals surface area contributed by atoms with Crippen LogP contribution in [0.3, 0.4) is 0 Å². The lowest BCUT2D eigenvalue weighted by Crippen LogP contribution is -2.01. The molecule has 0 bridgehead atoms. The van der Waals surface area contributed by atoms with Crippen molar-refractivity contribution >= 4 is 17.2 Å². The molecule has 3 aromatic rings. The maximum absolute atomic E-state index is 6.28. The molecule has 4 nitrogen and oxygen atoms in total. The van der Waals surface area contributed by atoms with Crippen LogP contribution in [0.5, 0.6) is 5.75 Å². The third kappa shape index (κ3) is 2.23. The first-order valence-corrected chi connectivity index (χ1v) is 6.72. The minimum absolute atomic E-state index is 0.416. The highest BCUT2D eigenvalue weighted by molar-refractivity contribution is 6.30. The van der Waals surface area contributed by atoms with Crippen LogP contribution < -0.4 is 4.74 Å². The Morgan fingerprint density at radius 1 is 1.20 bits per heavy atom. The normalized spacial score (nSPS) is 10.9. The lowest BCUT2D eigenvalue weighted by atomic mass is 10.2. The number of ether oxygens (including phenoxy) is 1. The number of hydrogen-bond donors (Lipinski definition) is 0. The second-order valence-electron chi connectivity index (χ2n) is 4.62. The molecule has 1 aromatic carbocycles. The van der Waals surface area contributed by atoms with Crippen molar-refractivity contribution in [1.29, 1.82) is 0 Å². The van der Waals surface area contributed by atoms with E-state index in [2.05, 4.69) is 10.1 Å². The van der Waals surface area contributed by atoms with Crippen molar-refractivity contribution in [3.63, 3.8) is 0 Å². The Bertz CT molecular complexity index is 753. The van der Waals surface area contributed by atoms with Gasteiger partial charge in [-0.3, -0.25) is 0 Å². The van der Waals surface area contributed by atoms with Crippen LogP contribution >= 0.6 is 11.6 Å². The number of para-hydroxylation sites is 1. The number of nitrogens with zero attached hydrogens (tertiary/aromatic N) is 3. The second-order valence-corrected chi connectivity index (χ2v) is 4.98. The van der Waals surface area contributed by atoms with Gasteiger partial charge in [-0.25, -0.2) is 9.50 Å². The van der Waals surface area contributed by atoms with Gasteiger partial charge >= 0.3 is 0 Å². The Balaban J connectivity index is 1.93. The van der Waals surface area contributed by atoms with Crippen LogP contribution in [0.1, 0.15) is 16.8 Å². The molecular formula is C15H14ClN3O. The van der Waals surface area contributed by atoms with Gasteiger partial charge in [-0.05, 0) is 26.0 Å². The van der Waals surface area contributed by atoms with Gasteiger partial charge in [0.2, 0.25) is 0 Å². The molecule has 2 aromatic heterocycles. The molecular weight excluding hydrogens is 274 g/mol. The molecule has 0 aliphatic heterocycles. The van der Waals surface area contributed by atoms with Gasteiger partial charge in [0.1, 0.15) is 17.5 Å². The summed E-state index contributed by atoms with van der Waals surface area (Å²) in [6.07, 6.45) is 1.75. The summed E-state index contributed by atoms with van der Waals surface area (Å²) < 4.78 is 7.38. The molecule has 0 saturated heterocycles. The van der Waals surface area contributed by atoms with Crippen LogP contribution in [0, 0.1) is 13.8 Å². The number of halogens is 1. The molecule has 0 amide bonds. The van der Waals surface area contributed by atoms with Crippen LogP contribution in [0.4, 0.5) is 0 Å². The van der Waals surface area contributed by atoms with E-state index in [9.17, 15) is 0 Å². The molecule has 0 aliphatic carbocycles. The van der Waals surface area contributed by atoms with Gasteiger partial charge in [0.15, 0.2) is 5.65 Å². The van der Waals surface area contributed by atoms with Crippen molar-refractivity contribution in [1.82, 2.24) is 14.6 Å². The van der Waals surface area contributed by atoms with Gasteiger partial charge < -0.3 is 4.74 Å². The number of rotatable bonds is 3. The third-order valence-corrected chi connectivity index (χ3v) is 3.71. The quantitative estimate of drug-likeness (QED) is 0.691. The zero-order chi connectivity index (χ0) is 14.1. The number of aromatic nitrogens is 3. The van der Waals surface area contributed by atoms with E-state index in [1.807, 2.05) is 44.2 Å². The lowest BCUT2D eigenvalue weighted by Gasteiger charge is -2.07. The summed E-state index contributed by atoms with van der Waals surface area (Å²) >= 11 is 6.28. The molecule has 0 fully saturated rings. The molecule has 102 valence electrons. The van der Waals surface area contributed by atoms with Crippen molar-refractivity contribution in [2.24, 2.45) is 0 Å². The SMILES string of the molecule is Cc1nc2c(COc3ccccc3)cnn2c(Cl)c1C. The zero-order valence-electron chi connectivity index (χ0n) is 11.3. The fourth-order valence-electron chi connectivity index (χ4n) is 1.97. The molecule has 2 heterocycles. The molecule has 0 unspecified atom stereocenters. The number of benzene rings is 1. The Labute approximate surface area is 122 Å². The average Bonchev–Trinajstić information content (AvgIpc) is 2.87. The van der Waals surface area contributed by atoms with Crippen molar-refractivity contribution in [2.75, 3.05) is 0 Å². The highest BCUT2D eigenvalue weighted by Gasteiger charge is 2.12. The van der Waals surface area contributed by atoms with E-state index in [1.54, 1.807) is 10.7 Å². The smallest absolute Gasteiger partial charge is 0.163 e. The summed E-state index contributed by atoms with van der Waals surface area (Å²) in [5.41, 5.74) is 3.51. The molecule has 0 N–H and O–H groups in total. The van der Waals surface area contributed by atoms with E-state index in [0.717, 1.165) is 28.2 Å². The molecule has 0 spiro atoms. The first-order valence-electron chi connectivity index (χ1n) is 6.34. The van der Waals surface area contributed by atoms with Gasteiger partial charge in [0, 0.05) is 11.3 Å². The molecule has 0 atom stereocenters. The average molecular weight is 288 g/mol. The van der Waals surface area contributed by atoms with Crippen molar-refractivity contribution in [2.45, 2.75) is 20.5 Å². The van der Waals surface area contributed by atoms with Gasteiger partial charge in [0.05, 0.1) is 11.8 Å². The van der Waals surface area contributed by atoms with Crippen LogP contribution in [-0.2, 0) is 6.61 Å². The molecule has 20 heavy (non-hydrogen) atoms. The van der Waals surface area contributed by atoms with E-state index in [0.29, 0.717) is 11.8 Å². The van der Waals surface area contributed by atoms with Gasteiger partial charge in [-0.2, -0.15) is 5.10 Å². The summed E-state index contributed by atoms with van der Waals surface area (Å²) in [6, 6.07) is 9.67. The first kappa shape index (κ1) is 12.9. The van der Waals surface area contributed by atoms with Crippen molar-refractivity contribution in [3.05, 3.63) is 58.5 Å². The molecule has 0 aliphatic rings. The van der Waals surface area contributed by atoms with Crippen LogP contribution in [-0.4, -0.2) is 14.6 Å². The van der Waals surface area contributed by atoms with E-state index in [4.69, 9.17) is 16.3 Å². The van der Waals surface area contributed by atoms with Crippen LogP contribution in [0.2, 0.25) is 5.15 Å². The van der Waals surface area contributed by atoms with Crippen molar-refractivity contribution in [3.8, 4) is 5.75 Å². The fraction of sp³-hybridized carbons (Fsp3) is 0.200. The Hall–Kier alpha value is -2.07. The number of aryl methyl sites for hydroxylation is 1. The standard InChI is InChI=1S/C15H14ClN3O/c1-10-11(2)18-15-12(8-17-19(15)14(10)16)9-20-13-6-4-3-5-7-13/h3-8H,9H2,1-2H3. The van der Waals surface area contributed by atoms with Gasteiger partial charge in [-0.1, -0.05) is 29.8 Å². The zero-order valence-corrected chi connectivity index (χ0v) is 12.1. The second kappa shape index (κ2) is 5.13. The largest absolute Gasteiger partial charge is 0.489 e. The van der Waals surface area contributed by atoms with E-state index < -0.39 is 0 Å². The fourth-order valence-corrected chi connectivity index (χ4v) is 2.23. The highest BCUT2D eigenvalue weighted by Crippen LogP contribution is 2.21. The number of fused-ring (bicyclic) bond motifs is 1. The van der Waals surface area contributed by atoms with E-state index in [1.165, 1.54) is 0 Å². The summed E-state index contributed by atoms with van der Waals surface area (Å²) in [5.74, 6) is 0.821. The molecule has 5 heteroatoms. The minimum atomic E-state index is 0.416. The topological polar surface area (TPSA) is 39.4 Å². The number of hydrogen-bond acceptors (Lipinski definition) is 3. The van der Waals surface area contributed by atoms with E-state index in [-0.39, 0.29) is 0 Å². The Kier molecular flexibility index (Phi) is 3.32. The summed E-state index contributed by atoms with van der Waals surface area (Å²) in [6.45, 7) is 4.29. The maximum atomic E-state index is 6.28. The molecule has 0 radical (unpaired) electrons. The highest BCUT2D eigenvalue weighted by atomic mass is 35.5. The first-order chi connectivity index (χ1) is 9.66. The van der Waals surface area contributed by atoms with E-state index >= 15 is 0 Å². The van der Waals surface area contributed by atoms with Crippen LogP contribution in [0.25, 0.3) is 5.65 Å². The maximum Gasteiger partial charge on any atom is 0.163 e. The minimum Gasteiger partial charge on any atom is -0.489 e. The summed E-state index contributed by atoms with van der Waals surface area (Å²) in [5, 5.41) is 4.87. The summed E-state index contributed by atoms with van der Waals surface area (Å²) in [7, 11) is 0. The van der Waals surface area contributed by atoms with Gasteiger partial charge in [0.25, 0.3) is 0 Å².